The summed E-state index contributed by atoms with van der Waals surface area (Å²) in [6, 6.07) is 7.57. The minimum absolute atomic E-state index is 0.0281. The normalized spacial score (nSPS) is 10.3. The van der Waals surface area contributed by atoms with E-state index in [1.807, 2.05) is 6.92 Å². The van der Waals surface area contributed by atoms with E-state index in [1.54, 1.807) is 19.1 Å². The lowest BCUT2D eigenvalue weighted by Crippen LogP contribution is -2.02. The lowest BCUT2D eigenvalue weighted by atomic mass is 10.1. The number of hydrogen-bond acceptors (Lipinski definition) is 5. The number of carbonyl (C=O) groups is 1. The van der Waals surface area contributed by atoms with Crippen molar-refractivity contribution >= 4 is 11.7 Å². The van der Waals surface area contributed by atoms with Crippen LogP contribution in [0.1, 0.15) is 23.0 Å². The van der Waals surface area contributed by atoms with E-state index in [9.17, 15) is 14.9 Å². The molecule has 0 fully saturated rings. The van der Waals surface area contributed by atoms with Crippen LogP contribution in [0.2, 0.25) is 0 Å². The molecule has 0 aliphatic heterocycles. The monoisotopic (exact) mass is 275 g/mol. The molecule has 2 aromatic rings. The van der Waals surface area contributed by atoms with Crippen LogP contribution in [0.25, 0.3) is 11.3 Å². The summed E-state index contributed by atoms with van der Waals surface area (Å²) in [5.41, 5.74) is 1.37. The number of hydrogen-bond donors (Lipinski definition) is 0. The van der Waals surface area contributed by atoms with Crippen molar-refractivity contribution in [3.05, 3.63) is 51.8 Å². The zero-order valence-electron chi connectivity index (χ0n) is 11.1. The first-order valence-electron chi connectivity index (χ1n) is 6.05. The highest BCUT2D eigenvalue weighted by atomic mass is 16.6. The standard InChI is InChI=1S/C14H13NO5/c1-3-19-14(16)13-7-6-12(20-13)11-8-10(15(17)18)5-4-9(11)2/h4-8H,3H2,1-2H3. The summed E-state index contributed by atoms with van der Waals surface area (Å²) in [5, 5.41) is 10.8. The molecule has 0 amide bonds. The number of carbonyl (C=O) groups excluding carboxylic acids is 1. The third-order valence-corrected chi connectivity index (χ3v) is 2.78. The Morgan fingerprint density at radius 2 is 2.10 bits per heavy atom. The molecule has 6 heteroatoms. The summed E-state index contributed by atoms with van der Waals surface area (Å²) in [7, 11) is 0. The highest BCUT2D eigenvalue weighted by Gasteiger charge is 2.16. The molecule has 104 valence electrons. The first-order valence-corrected chi connectivity index (χ1v) is 6.05. The highest BCUT2D eigenvalue weighted by Crippen LogP contribution is 2.29. The molecular formula is C14H13NO5. The molecule has 0 radical (unpaired) electrons. The molecule has 1 heterocycles. The molecule has 1 aromatic carbocycles. The molecule has 0 aliphatic carbocycles. The van der Waals surface area contributed by atoms with Gasteiger partial charge in [0.2, 0.25) is 5.76 Å². The topological polar surface area (TPSA) is 82.6 Å². The van der Waals surface area contributed by atoms with Crippen molar-refractivity contribution in [1.82, 2.24) is 0 Å². The summed E-state index contributed by atoms with van der Waals surface area (Å²) in [6.45, 7) is 3.77. The molecule has 0 atom stereocenters. The number of furan rings is 1. The van der Waals surface area contributed by atoms with Gasteiger partial charge in [-0.05, 0) is 31.5 Å². The van der Waals surface area contributed by atoms with E-state index in [-0.39, 0.29) is 18.1 Å². The largest absolute Gasteiger partial charge is 0.460 e. The first kappa shape index (κ1) is 13.8. The molecule has 0 N–H and O–H groups in total. The smallest absolute Gasteiger partial charge is 0.374 e. The summed E-state index contributed by atoms with van der Waals surface area (Å²) in [6.07, 6.45) is 0. The van der Waals surface area contributed by atoms with Gasteiger partial charge < -0.3 is 9.15 Å². The average molecular weight is 275 g/mol. The molecule has 6 nitrogen and oxygen atoms in total. The maximum Gasteiger partial charge on any atom is 0.374 e. The summed E-state index contributed by atoms with van der Waals surface area (Å²) >= 11 is 0. The van der Waals surface area contributed by atoms with Crippen LogP contribution >= 0.6 is 0 Å². The van der Waals surface area contributed by atoms with Gasteiger partial charge in [0.1, 0.15) is 5.76 Å². The van der Waals surface area contributed by atoms with Crippen molar-refractivity contribution in [2.75, 3.05) is 6.61 Å². The lowest BCUT2D eigenvalue weighted by Gasteiger charge is -2.02. The summed E-state index contributed by atoms with van der Waals surface area (Å²) in [4.78, 5) is 21.8. The van der Waals surface area contributed by atoms with Crippen molar-refractivity contribution in [3.8, 4) is 11.3 Å². The Morgan fingerprint density at radius 1 is 1.35 bits per heavy atom. The van der Waals surface area contributed by atoms with Gasteiger partial charge in [-0.3, -0.25) is 10.1 Å². The second kappa shape index (κ2) is 5.56. The van der Waals surface area contributed by atoms with E-state index in [0.29, 0.717) is 11.3 Å². The van der Waals surface area contributed by atoms with Crippen LogP contribution in [0.15, 0.2) is 34.7 Å². The third-order valence-electron chi connectivity index (χ3n) is 2.78. The van der Waals surface area contributed by atoms with Crippen molar-refractivity contribution in [1.29, 1.82) is 0 Å². The predicted molar refractivity (Wildman–Crippen MR) is 71.5 cm³/mol. The Kier molecular flexibility index (Phi) is 3.84. The van der Waals surface area contributed by atoms with E-state index >= 15 is 0 Å². The maximum absolute atomic E-state index is 11.5. The van der Waals surface area contributed by atoms with Crippen molar-refractivity contribution in [2.24, 2.45) is 0 Å². The highest BCUT2D eigenvalue weighted by molar-refractivity contribution is 5.87. The Hall–Kier alpha value is -2.63. The van der Waals surface area contributed by atoms with Crippen LogP contribution in [0, 0.1) is 17.0 Å². The molecule has 0 spiro atoms. The molecular weight excluding hydrogens is 262 g/mol. The Labute approximate surface area is 115 Å². The fourth-order valence-corrected chi connectivity index (χ4v) is 1.78. The van der Waals surface area contributed by atoms with E-state index < -0.39 is 10.9 Å². The van der Waals surface area contributed by atoms with Crippen LogP contribution in [-0.4, -0.2) is 17.5 Å². The number of nitrogens with zero attached hydrogens (tertiary/aromatic N) is 1. The van der Waals surface area contributed by atoms with Gasteiger partial charge in [0.25, 0.3) is 5.69 Å². The molecule has 1 aromatic heterocycles. The van der Waals surface area contributed by atoms with Gasteiger partial charge in [-0.1, -0.05) is 6.07 Å². The molecule has 0 aliphatic rings. The van der Waals surface area contributed by atoms with Crippen molar-refractivity contribution in [2.45, 2.75) is 13.8 Å². The average Bonchev–Trinajstić information content (AvgIpc) is 2.88. The molecule has 0 bridgehead atoms. The van der Waals surface area contributed by atoms with E-state index in [1.165, 1.54) is 18.2 Å². The minimum Gasteiger partial charge on any atom is -0.460 e. The number of ether oxygens (including phenoxy) is 1. The van der Waals surface area contributed by atoms with Crippen LogP contribution in [0.5, 0.6) is 0 Å². The van der Waals surface area contributed by atoms with Gasteiger partial charge in [-0.25, -0.2) is 4.79 Å². The Morgan fingerprint density at radius 3 is 2.75 bits per heavy atom. The van der Waals surface area contributed by atoms with Crippen molar-refractivity contribution in [3.63, 3.8) is 0 Å². The van der Waals surface area contributed by atoms with Gasteiger partial charge in [0.05, 0.1) is 11.5 Å². The van der Waals surface area contributed by atoms with Crippen LogP contribution < -0.4 is 0 Å². The molecule has 2 rings (SSSR count). The molecule has 20 heavy (non-hydrogen) atoms. The SMILES string of the molecule is CCOC(=O)c1ccc(-c2cc([N+](=O)[O-])ccc2C)o1. The number of rotatable bonds is 4. The molecule has 0 saturated heterocycles. The van der Waals surface area contributed by atoms with Crippen molar-refractivity contribution < 1.29 is 18.9 Å². The third kappa shape index (κ3) is 2.69. The minimum atomic E-state index is -0.554. The molecule has 0 saturated carbocycles. The van der Waals surface area contributed by atoms with E-state index in [4.69, 9.17) is 9.15 Å². The van der Waals surface area contributed by atoms with Gasteiger partial charge in [-0.15, -0.1) is 0 Å². The number of aryl methyl sites for hydroxylation is 1. The van der Waals surface area contributed by atoms with Crippen LogP contribution in [0.3, 0.4) is 0 Å². The fourth-order valence-electron chi connectivity index (χ4n) is 1.78. The van der Waals surface area contributed by atoms with Gasteiger partial charge >= 0.3 is 5.97 Å². The maximum atomic E-state index is 11.5. The number of nitro groups is 1. The van der Waals surface area contributed by atoms with Gasteiger partial charge in [0.15, 0.2) is 0 Å². The Balaban J connectivity index is 2.39. The van der Waals surface area contributed by atoms with E-state index in [0.717, 1.165) is 5.56 Å². The zero-order chi connectivity index (χ0) is 14.7. The Bertz CT molecular complexity index is 659. The van der Waals surface area contributed by atoms with Gasteiger partial charge in [0, 0.05) is 17.7 Å². The zero-order valence-corrected chi connectivity index (χ0v) is 11.1. The number of non-ortho nitro benzene ring substituents is 1. The van der Waals surface area contributed by atoms with Crippen LogP contribution in [-0.2, 0) is 4.74 Å². The fraction of sp³-hybridized carbons (Fsp3) is 0.214. The second-order valence-corrected chi connectivity index (χ2v) is 4.14. The predicted octanol–water partition coefficient (Wildman–Crippen LogP) is 3.34. The number of esters is 1. The number of nitro benzene ring substituents is 1. The van der Waals surface area contributed by atoms with E-state index in [2.05, 4.69) is 0 Å². The van der Waals surface area contributed by atoms with Gasteiger partial charge in [-0.2, -0.15) is 0 Å². The molecule has 0 unspecified atom stereocenters. The lowest BCUT2D eigenvalue weighted by molar-refractivity contribution is -0.384. The summed E-state index contributed by atoms with van der Waals surface area (Å²) in [5.74, 6) is -0.0798. The van der Waals surface area contributed by atoms with Crippen LogP contribution in [0.4, 0.5) is 5.69 Å². The summed E-state index contributed by atoms with van der Waals surface area (Å²) < 4.78 is 10.2. The number of benzene rings is 1. The first-order chi connectivity index (χ1) is 9.52. The second-order valence-electron chi connectivity index (χ2n) is 4.14. The quantitative estimate of drug-likeness (QED) is 0.485.